The largest absolute Gasteiger partial charge is 0.399 e. The number of nitrogens with two attached hydrogens (primary N) is 1. The average Bonchev–Trinajstić information content (AvgIpc) is 2.67. The lowest BCUT2D eigenvalue weighted by atomic mass is 10.1. The van der Waals surface area contributed by atoms with E-state index < -0.39 is 0 Å². The van der Waals surface area contributed by atoms with Crippen molar-refractivity contribution in [2.45, 2.75) is 39.5 Å². The molecule has 2 rings (SSSR count). The van der Waals surface area contributed by atoms with Gasteiger partial charge in [0.15, 0.2) is 0 Å². The number of amides is 2. The summed E-state index contributed by atoms with van der Waals surface area (Å²) in [6.45, 7) is 5.65. The Bertz CT molecular complexity index is 757. The van der Waals surface area contributed by atoms with Gasteiger partial charge in [-0.3, -0.25) is 9.59 Å². The predicted molar refractivity (Wildman–Crippen MR) is 118 cm³/mol. The molecular weight excluding hydrogens is 374 g/mol. The van der Waals surface area contributed by atoms with Gasteiger partial charge in [-0.15, -0.1) is 12.4 Å². The highest BCUT2D eigenvalue weighted by Crippen LogP contribution is 2.15. The molecule has 0 heterocycles. The topological polar surface area (TPSA) is 75.4 Å². The number of hydrogen-bond donors (Lipinski definition) is 2. The molecule has 2 amide bonds. The molecular formula is C22H30ClN3O2. The van der Waals surface area contributed by atoms with Crippen LogP contribution in [0, 0.1) is 0 Å². The molecule has 0 saturated carbocycles. The number of rotatable bonds is 9. The number of nitrogens with zero attached hydrogens (tertiary/aromatic N) is 1. The van der Waals surface area contributed by atoms with Crippen LogP contribution in [0.25, 0.3) is 0 Å². The van der Waals surface area contributed by atoms with Crippen LogP contribution in [0.5, 0.6) is 0 Å². The second-order valence-electron chi connectivity index (χ2n) is 6.62. The summed E-state index contributed by atoms with van der Waals surface area (Å²) in [7, 11) is 0. The van der Waals surface area contributed by atoms with Crippen molar-refractivity contribution in [2.75, 3.05) is 24.1 Å². The predicted octanol–water partition coefficient (Wildman–Crippen LogP) is 4.52. The van der Waals surface area contributed by atoms with E-state index in [1.54, 1.807) is 24.3 Å². The molecule has 0 fully saturated rings. The fourth-order valence-corrected chi connectivity index (χ4v) is 2.97. The molecule has 2 aromatic carbocycles. The highest BCUT2D eigenvalue weighted by atomic mass is 35.5. The molecule has 3 N–H and O–H groups in total. The van der Waals surface area contributed by atoms with E-state index in [9.17, 15) is 9.59 Å². The van der Waals surface area contributed by atoms with Gasteiger partial charge in [-0.1, -0.05) is 32.0 Å². The zero-order valence-corrected chi connectivity index (χ0v) is 17.4. The van der Waals surface area contributed by atoms with E-state index in [0.717, 1.165) is 31.5 Å². The standard InChI is InChI=1S/C22H29N3O2.ClH/c1-3-15-25(16-4-2)22(27)18-9-12-19(13-10-18)24-21(26)14-11-17-7-5-6-8-20(17)23;/h5-10,12-13H,3-4,11,14-16,23H2,1-2H3,(H,24,26);1H. The van der Waals surface area contributed by atoms with E-state index in [-0.39, 0.29) is 24.2 Å². The van der Waals surface area contributed by atoms with Crippen LogP contribution in [-0.2, 0) is 11.2 Å². The second-order valence-corrected chi connectivity index (χ2v) is 6.62. The molecule has 0 saturated heterocycles. The van der Waals surface area contributed by atoms with Crippen molar-refractivity contribution in [3.8, 4) is 0 Å². The zero-order valence-electron chi connectivity index (χ0n) is 16.6. The fourth-order valence-electron chi connectivity index (χ4n) is 2.97. The van der Waals surface area contributed by atoms with Crippen LogP contribution < -0.4 is 11.1 Å². The number of nitrogens with one attached hydrogen (secondary N) is 1. The highest BCUT2D eigenvalue weighted by molar-refractivity contribution is 5.95. The molecule has 0 aliphatic heterocycles. The minimum atomic E-state index is -0.0732. The summed E-state index contributed by atoms with van der Waals surface area (Å²) in [5.74, 6) is -0.0351. The lowest BCUT2D eigenvalue weighted by Gasteiger charge is -2.21. The van der Waals surface area contributed by atoms with Gasteiger partial charge in [-0.25, -0.2) is 0 Å². The maximum absolute atomic E-state index is 12.6. The normalized spacial score (nSPS) is 10.1. The van der Waals surface area contributed by atoms with Gasteiger partial charge in [0.1, 0.15) is 0 Å². The van der Waals surface area contributed by atoms with Gasteiger partial charge in [-0.05, 0) is 55.2 Å². The lowest BCUT2D eigenvalue weighted by Crippen LogP contribution is -2.32. The molecule has 0 atom stereocenters. The van der Waals surface area contributed by atoms with E-state index in [2.05, 4.69) is 19.2 Å². The van der Waals surface area contributed by atoms with Crippen molar-refractivity contribution in [3.63, 3.8) is 0 Å². The minimum Gasteiger partial charge on any atom is -0.399 e. The maximum Gasteiger partial charge on any atom is 0.253 e. The summed E-state index contributed by atoms with van der Waals surface area (Å²) in [6.07, 6.45) is 2.82. The summed E-state index contributed by atoms with van der Waals surface area (Å²) >= 11 is 0. The summed E-state index contributed by atoms with van der Waals surface area (Å²) in [6, 6.07) is 14.7. The van der Waals surface area contributed by atoms with Crippen LogP contribution >= 0.6 is 12.4 Å². The molecule has 2 aromatic rings. The number of nitrogen functional groups attached to an aromatic ring is 1. The fraction of sp³-hybridized carbons (Fsp3) is 0.364. The van der Waals surface area contributed by atoms with Crippen molar-refractivity contribution in [1.29, 1.82) is 0 Å². The van der Waals surface area contributed by atoms with E-state index >= 15 is 0 Å². The summed E-state index contributed by atoms with van der Waals surface area (Å²) in [5.41, 5.74) is 8.92. The smallest absolute Gasteiger partial charge is 0.253 e. The van der Waals surface area contributed by atoms with Crippen molar-refractivity contribution in [3.05, 3.63) is 59.7 Å². The molecule has 0 bridgehead atoms. The van der Waals surface area contributed by atoms with Crippen LogP contribution in [0.2, 0.25) is 0 Å². The molecule has 0 aliphatic rings. The quantitative estimate of drug-likeness (QED) is 0.604. The molecule has 5 nitrogen and oxygen atoms in total. The highest BCUT2D eigenvalue weighted by Gasteiger charge is 2.14. The molecule has 0 radical (unpaired) electrons. The Morgan fingerprint density at radius 2 is 1.57 bits per heavy atom. The molecule has 28 heavy (non-hydrogen) atoms. The summed E-state index contributed by atoms with van der Waals surface area (Å²) in [5, 5.41) is 2.87. The van der Waals surface area contributed by atoms with Crippen molar-refractivity contribution >= 4 is 35.6 Å². The van der Waals surface area contributed by atoms with Gasteiger partial charge < -0.3 is 16.0 Å². The Balaban J connectivity index is 0.00000392. The van der Waals surface area contributed by atoms with Crippen LogP contribution in [0.15, 0.2) is 48.5 Å². The summed E-state index contributed by atoms with van der Waals surface area (Å²) in [4.78, 5) is 26.6. The van der Waals surface area contributed by atoms with Crippen molar-refractivity contribution in [1.82, 2.24) is 4.90 Å². The molecule has 6 heteroatoms. The monoisotopic (exact) mass is 403 g/mol. The van der Waals surface area contributed by atoms with E-state index in [1.807, 2.05) is 29.2 Å². The lowest BCUT2D eigenvalue weighted by molar-refractivity contribution is -0.116. The number of carbonyl (C=O) groups excluding carboxylic acids is 2. The number of aryl methyl sites for hydroxylation is 1. The number of halogens is 1. The van der Waals surface area contributed by atoms with Crippen LogP contribution in [0.3, 0.4) is 0 Å². The molecule has 0 spiro atoms. The first-order valence-electron chi connectivity index (χ1n) is 9.57. The first-order valence-corrected chi connectivity index (χ1v) is 9.57. The number of benzene rings is 2. The van der Waals surface area contributed by atoms with Gasteiger partial charge in [0, 0.05) is 36.4 Å². The van der Waals surface area contributed by atoms with E-state index in [0.29, 0.717) is 29.8 Å². The SMILES string of the molecule is CCCN(CCC)C(=O)c1ccc(NC(=O)CCc2ccccc2N)cc1.Cl. The number of hydrogen-bond acceptors (Lipinski definition) is 3. The molecule has 0 aromatic heterocycles. The van der Waals surface area contributed by atoms with Crippen molar-refractivity contribution < 1.29 is 9.59 Å². The average molecular weight is 404 g/mol. The Hall–Kier alpha value is -2.53. The van der Waals surface area contributed by atoms with Crippen LogP contribution in [0.1, 0.15) is 49.0 Å². The van der Waals surface area contributed by atoms with E-state index in [1.165, 1.54) is 0 Å². The first kappa shape index (κ1) is 23.5. The summed E-state index contributed by atoms with van der Waals surface area (Å²) < 4.78 is 0. The van der Waals surface area contributed by atoms with Gasteiger partial charge >= 0.3 is 0 Å². The Morgan fingerprint density at radius 3 is 2.14 bits per heavy atom. The first-order chi connectivity index (χ1) is 13.0. The van der Waals surface area contributed by atoms with Gasteiger partial charge in [-0.2, -0.15) is 0 Å². The maximum atomic E-state index is 12.6. The third-order valence-electron chi connectivity index (χ3n) is 4.37. The molecule has 0 aliphatic carbocycles. The van der Waals surface area contributed by atoms with Gasteiger partial charge in [0.25, 0.3) is 5.91 Å². The third kappa shape index (κ3) is 6.89. The number of carbonyl (C=O) groups is 2. The van der Waals surface area contributed by atoms with Gasteiger partial charge in [0.2, 0.25) is 5.91 Å². The zero-order chi connectivity index (χ0) is 19.6. The molecule has 0 unspecified atom stereocenters. The van der Waals surface area contributed by atoms with E-state index in [4.69, 9.17) is 5.73 Å². The number of anilines is 2. The Morgan fingerprint density at radius 1 is 0.964 bits per heavy atom. The second kappa shape index (κ2) is 12.0. The Labute approximate surface area is 173 Å². The minimum absolute atomic E-state index is 0. The molecule has 152 valence electrons. The Kier molecular flexibility index (Phi) is 10.1. The van der Waals surface area contributed by atoms with Crippen molar-refractivity contribution in [2.24, 2.45) is 0 Å². The van der Waals surface area contributed by atoms with Gasteiger partial charge in [0.05, 0.1) is 0 Å². The number of para-hydroxylation sites is 1. The van der Waals surface area contributed by atoms with Crippen LogP contribution in [-0.4, -0.2) is 29.8 Å². The third-order valence-corrected chi connectivity index (χ3v) is 4.37. The van der Waals surface area contributed by atoms with Crippen LogP contribution in [0.4, 0.5) is 11.4 Å².